The van der Waals surface area contributed by atoms with E-state index in [1.807, 2.05) is 13.8 Å². The smallest absolute Gasteiger partial charge is 0.350 e. The molecule has 1 aliphatic rings. The Kier molecular flexibility index (Phi) is 10.1. The van der Waals surface area contributed by atoms with Crippen LogP contribution in [0.15, 0.2) is 16.6 Å². The van der Waals surface area contributed by atoms with Crippen molar-refractivity contribution in [3.8, 4) is 0 Å². The monoisotopic (exact) mass is 492 g/mol. The van der Waals surface area contributed by atoms with Gasteiger partial charge in [-0.05, 0) is 46.5 Å². The lowest BCUT2D eigenvalue weighted by atomic mass is 10.2. The molecule has 2 rings (SSSR count). The van der Waals surface area contributed by atoms with E-state index < -0.39 is 0 Å². The zero-order valence-corrected chi connectivity index (χ0v) is 19.1. The normalized spacial score (nSPS) is 15.1. The number of aromatic nitrogens is 1. The zero-order chi connectivity index (χ0) is 18.2. The number of hydrogen-bond acceptors (Lipinski definition) is 5. The van der Waals surface area contributed by atoms with Crippen LogP contribution in [0.25, 0.3) is 0 Å². The van der Waals surface area contributed by atoms with Gasteiger partial charge < -0.3 is 15.4 Å². The Morgan fingerprint density at radius 2 is 2.27 bits per heavy atom. The fraction of sp³-hybridized carbons (Fsp3) is 0.611. The van der Waals surface area contributed by atoms with Gasteiger partial charge in [-0.1, -0.05) is 11.6 Å². The average Bonchev–Trinajstić information content (AvgIpc) is 3.23. The number of carbonyl (C=O) groups is 1. The molecule has 0 bridgehead atoms. The molecule has 0 saturated heterocycles. The summed E-state index contributed by atoms with van der Waals surface area (Å²) < 4.78 is 5.08. The third-order valence-corrected chi connectivity index (χ3v) is 5.41. The number of aliphatic imine (C=N–C) groups is 1. The first-order chi connectivity index (χ1) is 12.0. The van der Waals surface area contributed by atoms with Crippen molar-refractivity contribution >= 4 is 47.2 Å². The molecule has 0 amide bonds. The Morgan fingerprint density at radius 1 is 1.50 bits per heavy atom. The Labute approximate surface area is 176 Å². The summed E-state index contributed by atoms with van der Waals surface area (Å²) in [5.41, 5.74) is 2.24. The fourth-order valence-corrected chi connectivity index (χ4v) is 3.72. The maximum atomic E-state index is 11.9. The maximum Gasteiger partial charge on any atom is 0.350 e. The van der Waals surface area contributed by atoms with Crippen LogP contribution in [0.5, 0.6) is 0 Å². The van der Waals surface area contributed by atoms with Crippen molar-refractivity contribution in [3.63, 3.8) is 0 Å². The lowest BCUT2D eigenvalue weighted by Crippen LogP contribution is -2.39. The molecule has 26 heavy (non-hydrogen) atoms. The largest absolute Gasteiger partial charge is 0.462 e. The highest BCUT2D eigenvalue weighted by Gasteiger charge is 2.20. The van der Waals surface area contributed by atoms with Crippen molar-refractivity contribution in [1.82, 2.24) is 15.6 Å². The summed E-state index contributed by atoms with van der Waals surface area (Å²) in [7, 11) is 1.76. The van der Waals surface area contributed by atoms with Gasteiger partial charge in [-0.15, -0.1) is 35.3 Å². The molecule has 2 N–H and O–H groups in total. The molecule has 1 unspecified atom stereocenters. The fourth-order valence-electron chi connectivity index (χ4n) is 2.76. The van der Waals surface area contributed by atoms with Gasteiger partial charge in [0.2, 0.25) is 0 Å². The highest BCUT2D eigenvalue weighted by molar-refractivity contribution is 14.0. The molecule has 0 radical (unpaired) electrons. The summed E-state index contributed by atoms with van der Waals surface area (Å²) in [5.74, 6) is 0.444. The van der Waals surface area contributed by atoms with Gasteiger partial charge in [0, 0.05) is 13.6 Å². The number of ether oxygens (including phenoxy) is 1. The highest BCUT2D eigenvalue weighted by Crippen LogP contribution is 2.24. The van der Waals surface area contributed by atoms with E-state index in [-0.39, 0.29) is 36.0 Å². The number of nitrogens with one attached hydrogen (secondary N) is 2. The van der Waals surface area contributed by atoms with Crippen LogP contribution in [0.2, 0.25) is 0 Å². The first-order valence-corrected chi connectivity index (χ1v) is 9.66. The van der Waals surface area contributed by atoms with E-state index in [1.54, 1.807) is 14.0 Å². The van der Waals surface area contributed by atoms with Crippen molar-refractivity contribution < 1.29 is 9.53 Å². The SMILES string of the molecule is CCOC(=O)c1sc(C(C)NC(=NC)NCCC2=CCCC2)nc1C.I. The Bertz CT molecular complexity index is 658. The second-order valence-corrected chi connectivity index (χ2v) is 7.09. The predicted molar refractivity (Wildman–Crippen MR) is 118 cm³/mol. The van der Waals surface area contributed by atoms with Crippen LogP contribution >= 0.6 is 35.3 Å². The van der Waals surface area contributed by atoms with E-state index in [0.717, 1.165) is 23.9 Å². The van der Waals surface area contributed by atoms with E-state index in [1.165, 1.54) is 36.2 Å². The molecule has 6 nitrogen and oxygen atoms in total. The van der Waals surface area contributed by atoms with Crippen molar-refractivity contribution in [2.24, 2.45) is 4.99 Å². The number of aryl methyl sites for hydroxylation is 1. The van der Waals surface area contributed by atoms with Gasteiger partial charge in [0.15, 0.2) is 5.96 Å². The van der Waals surface area contributed by atoms with Crippen molar-refractivity contribution in [2.45, 2.75) is 52.5 Å². The number of hydrogen-bond donors (Lipinski definition) is 2. The van der Waals surface area contributed by atoms with Gasteiger partial charge in [0.1, 0.15) is 9.88 Å². The lowest BCUT2D eigenvalue weighted by molar-refractivity contribution is 0.0531. The summed E-state index contributed by atoms with van der Waals surface area (Å²) in [6, 6.07) is -0.0382. The number of rotatable bonds is 7. The van der Waals surface area contributed by atoms with E-state index >= 15 is 0 Å². The zero-order valence-electron chi connectivity index (χ0n) is 15.9. The topological polar surface area (TPSA) is 75.6 Å². The van der Waals surface area contributed by atoms with Crippen LogP contribution < -0.4 is 10.6 Å². The summed E-state index contributed by atoms with van der Waals surface area (Å²) in [4.78, 5) is 21.3. The van der Waals surface area contributed by atoms with Crippen LogP contribution in [-0.2, 0) is 4.74 Å². The molecule has 0 saturated carbocycles. The number of halogens is 1. The van der Waals surface area contributed by atoms with Gasteiger partial charge in [0.25, 0.3) is 0 Å². The first-order valence-electron chi connectivity index (χ1n) is 8.84. The maximum absolute atomic E-state index is 11.9. The molecule has 1 atom stereocenters. The Balaban J connectivity index is 0.00000338. The molecule has 1 aromatic heterocycles. The van der Waals surface area contributed by atoms with Gasteiger partial charge in [-0.2, -0.15) is 0 Å². The van der Waals surface area contributed by atoms with Gasteiger partial charge >= 0.3 is 5.97 Å². The van der Waals surface area contributed by atoms with Gasteiger partial charge in [0.05, 0.1) is 18.3 Å². The minimum atomic E-state index is -0.303. The van der Waals surface area contributed by atoms with Crippen molar-refractivity contribution in [2.75, 3.05) is 20.2 Å². The molecule has 0 aliphatic heterocycles. The average molecular weight is 492 g/mol. The molecular formula is C18H29IN4O2S. The highest BCUT2D eigenvalue weighted by atomic mass is 127. The van der Waals surface area contributed by atoms with E-state index in [0.29, 0.717) is 17.2 Å². The Morgan fingerprint density at radius 3 is 2.88 bits per heavy atom. The van der Waals surface area contributed by atoms with Gasteiger partial charge in [-0.25, -0.2) is 9.78 Å². The van der Waals surface area contributed by atoms with Crippen LogP contribution in [0.3, 0.4) is 0 Å². The standard InChI is InChI=1S/C18H28N4O2S.HI/c1-5-24-17(23)15-12(2)21-16(25-15)13(3)22-18(19-4)20-11-10-14-8-6-7-9-14;/h8,13H,5-7,9-11H2,1-4H3,(H2,19,20,22);1H. The van der Waals surface area contributed by atoms with Gasteiger partial charge in [-0.3, -0.25) is 4.99 Å². The van der Waals surface area contributed by atoms with E-state index in [2.05, 4.69) is 26.7 Å². The summed E-state index contributed by atoms with van der Waals surface area (Å²) in [6.07, 6.45) is 7.12. The molecule has 1 aromatic rings. The minimum absolute atomic E-state index is 0. The second kappa shape index (κ2) is 11.5. The van der Waals surface area contributed by atoms with E-state index in [9.17, 15) is 4.79 Å². The number of nitrogens with zero attached hydrogens (tertiary/aromatic N) is 2. The quantitative estimate of drug-likeness (QED) is 0.198. The van der Waals surface area contributed by atoms with Crippen molar-refractivity contribution in [3.05, 3.63) is 27.2 Å². The number of thiazole rings is 1. The molecule has 146 valence electrons. The Hall–Kier alpha value is -1.16. The summed E-state index contributed by atoms with van der Waals surface area (Å²) in [6.45, 7) is 6.88. The lowest BCUT2D eigenvalue weighted by Gasteiger charge is -2.16. The molecule has 0 aromatic carbocycles. The molecular weight excluding hydrogens is 463 g/mol. The molecule has 8 heteroatoms. The molecule has 1 heterocycles. The molecule has 0 fully saturated rings. The predicted octanol–water partition coefficient (Wildman–Crippen LogP) is 3.97. The van der Waals surface area contributed by atoms with Crippen LogP contribution in [0.1, 0.15) is 65.9 Å². The number of guanidine groups is 1. The van der Waals surface area contributed by atoms with Crippen LogP contribution in [0.4, 0.5) is 0 Å². The van der Waals surface area contributed by atoms with Crippen LogP contribution in [0, 0.1) is 6.92 Å². The molecule has 1 aliphatic carbocycles. The number of carbonyl (C=O) groups excluding carboxylic acids is 1. The van der Waals surface area contributed by atoms with Crippen LogP contribution in [-0.4, -0.2) is 37.1 Å². The third-order valence-electron chi connectivity index (χ3n) is 4.09. The molecule has 0 spiro atoms. The number of allylic oxidation sites excluding steroid dienone is 1. The summed E-state index contributed by atoms with van der Waals surface area (Å²) >= 11 is 1.37. The second-order valence-electron chi connectivity index (χ2n) is 6.06. The van der Waals surface area contributed by atoms with Crippen molar-refractivity contribution in [1.29, 1.82) is 0 Å². The van der Waals surface area contributed by atoms with E-state index in [4.69, 9.17) is 4.74 Å². The number of esters is 1. The minimum Gasteiger partial charge on any atom is -0.462 e. The third kappa shape index (κ3) is 6.53. The first kappa shape index (κ1) is 22.9. The summed E-state index contributed by atoms with van der Waals surface area (Å²) in [5, 5.41) is 7.53.